The summed E-state index contributed by atoms with van der Waals surface area (Å²) in [6.45, 7) is 2.16. The molecule has 0 saturated heterocycles. The van der Waals surface area contributed by atoms with Crippen LogP contribution >= 0.6 is 11.3 Å². The molecule has 3 aromatic rings. The van der Waals surface area contributed by atoms with Crippen molar-refractivity contribution in [3.63, 3.8) is 0 Å². The minimum atomic E-state index is -3.31. The van der Waals surface area contributed by atoms with Gasteiger partial charge in [0.05, 0.1) is 16.3 Å². The Morgan fingerprint density at radius 1 is 1.12 bits per heavy atom. The monoisotopic (exact) mass is 376 g/mol. The summed E-state index contributed by atoms with van der Waals surface area (Å²) in [5.41, 5.74) is 1.80. The lowest BCUT2D eigenvalue weighted by Gasteiger charge is -2.06. The van der Waals surface area contributed by atoms with E-state index in [4.69, 9.17) is 4.42 Å². The van der Waals surface area contributed by atoms with Crippen LogP contribution in [0.1, 0.15) is 17.0 Å². The minimum absolute atomic E-state index is 0.0786. The van der Waals surface area contributed by atoms with E-state index < -0.39 is 10.0 Å². The molecule has 0 atom stereocenters. The molecule has 1 N–H and O–H groups in total. The molecule has 3 rings (SSSR count). The summed E-state index contributed by atoms with van der Waals surface area (Å²) in [5, 5.41) is 1.97. The maximum Gasteiger partial charge on any atom is 0.236 e. The van der Waals surface area contributed by atoms with Crippen LogP contribution in [0.5, 0.6) is 0 Å². The fourth-order valence-electron chi connectivity index (χ4n) is 2.46. The smallest absolute Gasteiger partial charge is 0.236 e. The molecule has 132 valence electrons. The molecule has 0 saturated carbocycles. The second kappa shape index (κ2) is 7.95. The van der Waals surface area contributed by atoms with E-state index in [2.05, 4.69) is 9.71 Å². The highest BCUT2D eigenvalue weighted by atomic mass is 32.2. The molecular formula is C18H20N2O3S2. The number of hydrogen-bond acceptors (Lipinski definition) is 5. The van der Waals surface area contributed by atoms with Gasteiger partial charge in [0.15, 0.2) is 0 Å². The van der Waals surface area contributed by atoms with Crippen molar-refractivity contribution in [2.45, 2.75) is 19.8 Å². The third-order valence-electron chi connectivity index (χ3n) is 3.81. The van der Waals surface area contributed by atoms with E-state index in [0.717, 1.165) is 21.9 Å². The van der Waals surface area contributed by atoms with Gasteiger partial charge in [-0.05, 0) is 30.4 Å². The van der Waals surface area contributed by atoms with Crippen molar-refractivity contribution in [1.82, 2.24) is 9.71 Å². The maximum atomic E-state index is 12.1. The number of benzene rings is 1. The first-order valence-corrected chi connectivity index (χ1v) is 10.6. The average Bonchev–Trinajstić information content (AvgIpc) is 3.24. The first kappa shape index (κ1) is 17.8. The molecule has 0 fully saturated rings. The fourth-order valence-corrected chi connectivity index (χ4v) is 4.17. The summed E-state index contributed by atoms with van der Waals surface area (Å²) in [6, 6.07) is 13.5. The predicted octanol–water partition coefficient (Wildman–Crippen LogP) is 3.42. The standard InChI is InChI=1S/C18H20N2O3S2/c1-14-16(20-18(23-14)17-8-5-12-24-17)9-11-19-25(21,22)13-10-15-6-3-2-4-7-15/h2-8,12,19H,9-11,13H2,1H3. The first-order valence-electron chi connectivity index (χ1n) is 8.05. The minimum Gasteiger partial charge on any atom is -0.440 e. The first-order chi connectivity index (χ1) is 12.0. The lowest BCUT2D eigenvalue weighted by molar-refractivity contribution is 0.539. The maximum absolute atomic E-state index is 12.1. The van der Waals surface area contributed by atoms with Crippen LogP contribution in [0.2, 0.25) is 0 Å². The Bertz CT molecular complexity index is 901. The highest BCUT2D eigenvalue weighted by molar-refractivity contribution is 7.89. The van der Waals surface area contributed by atoms with Gasteiger partial charge in [0.25, 0.3) is 0 Å². The van der Waals surface area contributed by atoms with E-state index in [1.165, 1.54) is 0 Å². The number of nitrogens with one attached hydrogen (secondary N) is 1. The van der Waals surface area contributed by atoms with Crippen molar-refractivity contribution < 1.29 is 12.8 Å². The third-order valence-corrected chi connectivity index (χ3v) is 6.05. The molecular weight excluding hydrogens is 356 g/mol. The summed E-state index contributed by atoms with van der Waals surface area (Å²) in [7, 11) is -3.31. The number of sulfonamides is 1. The molecule has 0 spiro atoms. The van der Waals surface area contributed by atoms with Gasteiger partial charge in [0, 0.05) is 13.0 Å². The van der Waals surface area contributed by atoms with Gasteiger partial charge in [-0.3, -0.25) is 0 Å². The van der Waals surface area contributed by atoms with Crippen LogP contribution in [-0.2, 0) is 22.9 Å². The zero-order valence-corrected chi connectivity index (χ0v) is 15.6. The van der Waals surface area contributed by atoms with Gasteiger partial charge in [-0.15, -0.1) is 11.3 Å². The van der Waals surface area contributed by atoms with Gasteiger partial charge in [0.1, 0.15) is 5.76 Å². The molecule has 2 heterocycles. The van der Waals surface area contributed by atoms with Crippen LogP contribution in [0.4, 0.5) is 0 Å². The Morgan fingerprint density at radius 3 is 2.64 bits per heavy atom. The van der Waals surface area contributed by atoms with Crippen LogP contribution in [-0.4, -0.2) is 25.7 Å². The van der Waals surface area contributed by atoms with Crippen LogP contribution in [0.25, 0.3) is 10.8 Å². The highest BCUT2D eigenvalue weighted by Gasteiger charge is 2.14. The van der Waals surface area contributed by atoms with Gasteiger partial charge in [-0.25, -0.2) is 18.1 Å². The largest absolute Gasteiger partial charge is 0.440 e. The van der Waals surface area contributed by atoms with E-state index in [0.29, 0.717) is 25.3 Å². The number of aromatic nitrogens is 1. The number of thiophene rings is 1. The second-order valence-electron chi connectivity index (χ2n) is 5.70. The number of oxazole rings is 1. The Labute approximate surface area is 151 Å². The lowest BCUT2D eigenvalue weighted by atomic mass is 10.2. The SMILES string of the molecule is Cc1oc(-c2cccs2)nc1CCNS(=O)(=O)CCc1ccccc1. The van der Waals surface area contributed by atoms with E-state index in [1.807, 2.05) is 54.8 Å². The van der Waals surface area contributed by atoms with Crippen LogP contribution in [0, 0.1) is 6.92 Å². The highest BCUT2D eigenvalue weighted by Crippen LogP contribution is 2.25. The molecule has 0 radical (unpaired) electrons. The van der Waals surface area contributed by atoms with Crippen molar-refractivity contribution in [3.8, 4) is 10.8 Å². The zero-order chi connectivity index (χ0) is 17.7. The topological polar surface area (TPSA) is 72.2 Å². The second-order valence-corrected chi connectivity index (χ2v) is 8.57. The molecule has 0 amide bonds. The number of aryl methyl sites for hydroxylation is 2. The summed E-state index contributed by atoms with van der Waals surface area (Å²) in [5.74, 6) is 1.40. The number of rotatable bonds is 8. The Morgan fingerprint density at radius 2 is 1.92 bits per heavy atom. The predicted molar refractivity (Wildman–Crippen MR) is 100 cm³/mol. The van der Waals surface area contributed by atoms with E-state index in [9.17, 15) is 8.42 Å². The Kier molecular flexibility index (Phi) is 5.67. The van der Waals surface area contributed by atoms with Crippen molar-refractivity contribution >= 4 is 21.4 Å². The van der Waals surface area contributed by atoms with Crippen molar-refractivity contribution in [1.29, 1.82) is 0 Å². The van der Waals surface area contributed by atoms with Gasteiger partial charge in [-0.2, -0.15) is 0 Å². The Balaban J connectivity index is 1.52. The number of hydrogen-bond donors (Lipinski definition) is 1. The van der Waals surface area contributed by atoms with Crippen LogP contribution in [0.3, 0.4) is 0 Å². The van der Waals surface area contributed by atoms with Crippen molar-refractivity contribution in [2.75, 3.05) is 12.3 Å². The molecule has 0 aliphatic carbocycles. The molecule has 0 bridgehead atoms. The molecule has 1 aromatic carbocycles. The Hall–Kier alpha value is -1.96. The molecule has 25 heavy (non-hydrogen) atoms. The van der Waals surface area contributed by atoms with E-state index in [-0.39, 0.29) is 5.75 Å². The van der Waals surface area contributed by atoms with E-state index in [1.54, 1.807) is 11.3 Å². The molecule has 5 nitrogen and oxygen atoms in total. The molecule has 2 aromatic heterocycles. The van der Waals surface area contributed by atoms with Gasteiger partial charge in [-0.1, -0.05) is 36.4 Å². The fraction of sp³-hybridized carbons (Fsp3) is 0.278. The van der Waals surface area contributed by atoms with Gasteiger partial charge >= 0.3 is 0 Å². The quantitative estimate of drug-likeness (QED) is 0.654. The van der Waals surface area contributed by atoms with Gasteiger partial charge in [0.2, 0.25) is 15.9 Å². The summed E-state index contributed by atoms with van der Waals surface area (Å²) in [4.78, 5) is 5.44. The summed E-state index contributed by atoms with van der Waals surface area (Å²) < 4.78 is 32.5. The zero-order valence-electron chi connectivity index (χ0n) is 13.9. The van der Waals surface area contributed by atoms with Gasteiger partial charge < -0.3 is 4.42 Å². The summed E-state index contributed by atoms with van der Waals surface area (Å²) >= 11 is 1.56. The number of nitrogens with zero attached hydrogens (tertiary/aromatic N) is 1. The lowest BCUT2D eigenvalue weighted by Crippen LogP contribution is -2.29. The van der Waals surface area contributed by atoms with Crippen molar-refractivity contribution in [2.24, 2.45) is 0 Å². The van der Waals surface area contributed by atoms with Crippen LogP contribution in [0.15, 0.2) is 52.3 Å². The molecule has 0 aliphatic rings. The molecule has 0 aliphatic heterocycles. The normalized spacial score (nSPS) is 11.7. The molecule has 0 unspecified atom stereocenters. The molecule has 7 heteroatoms. The third kappa shape index (κ3) is 5.01. The van der Waals surface area contributed by atoms with Crippen LogP contribution < -0.4 is 4.72 Å². The average molecular weight is 377 g/mol. The van der Waals surface area contributed by atoms with E-state index >= 15 is 0 Å². The summed E-state index contributed by atoms with van der Waals surface area (Å²) in [6.07, 6.45) is 1.01. The van der Waals surface area contributed by atoms with Crippen molar-refractivity contribution in [3.05, 3.63) is 64.9 Å².